The largest absolute Gasteiger partial charge is 0.490 e. The smallest absolute Gasteiger partial charge is 0.335 e. The number of imide groups is 2. The minimum absolute atomic E-state index is 0.0433. The van der Waals surface area contributed by atoms with E-state index in [4.69, 9.17) is 27.5 Å². The van der Waals surface area contributed by atoms with Gasteiger partial charge >= 0.3 is 6.03 Å². The molecule has 34 heavy (non-hydrogen) atoms. The van der Waals surface area contributed by atoms with Crippen molar-refractivity contribution in [3.8, 4) is 23.8 Å². The van der Waals surface area contributed by atoms with Gasteiger partial charge in [0.05, 0.1) is 12.3 Å². The molecule has 2 aromatic carbocycles. The summed E-state index contributed by atoms with van der Waals surface area (Å²) >= 11 is 6.17. The number of nitrogens with one attached hydrogen (secondary N) is 1. The highest BCUT2D eigenvalue weighted by atomic mass is 35.5. The van der Waals surface area contributed by atoms with Gasteiger partial charge in [0.1, 0.15) is 12.2 Å². The summed E-state index contributed by atoms with van der Waals surface area (Å²) in [6.07, 6.45) is 8.85. The van der Waals surface area contributed by atoms with Gasteiger partial charge in [-0.3, -0.25) is 14.9 Å². The fourth-order valence-electron chi connectivity index (χ4n) is 3.50. The third-order valence-corrected chi connectivity index (χ3v) is 5.42. The Balaban J connectivity index is 2.11. The standard InChI is InChI=1S/C26H23ClN2O5/c1-5-9-18-13-17(15-22(33-7-3)23(18)34-12-6-2)14-19-24(30)28-26(32)29(25(19)31)21-11-8-10-20(27)16(21)4/h2,5,8,10-11,13-15H,1,7,9,12H2,3-4H3,(H,28,30,32)/b19-14+. The summed E-state index contributed by atoms with van der Waals surface area (Å²) in [7, 11) is 0. The number of hydrogen-bond donors (Lipinski definition) is 1. The number of carbonyl (C=O) groups excluding carboxylic acids is 3. The van der Waals surface area contributed by atoms with Crippen molar-refractivity contribution in [2.24, 2.45) is 0 Å². The normalized spacial score (nSPS) is 14.6. The molecule has 0 aromatic heterocycles. The number of benzene rings is 2. The van der Waals surface area contributed by atoms with E-state index in [1.54, 1.807) is 43.3 Å². The van der Waals surface area contributed by atoms with E-state index >= 15 is 0 Å². The summed E-state index contributed by atoms with van der Waals surface area (Å²) in [5.41, 5.74) is 1.81. The monoisotopic (exact) mass is 478 g/mol. The molecule has 0 radical (unpaired) electrons. The number of allylic oxidation sites excluding steroid dienone is 1. The number of halogens is 1. The first kappa shape index (κ1) is 24.6. The molecule has 0 saturated carbocycles. The molecule has 1 heterocycles. The molecule has 4 amide bonds. The van der Waals surface area contributed by atoms with Crippen molar-refractivity contribution in [2.75, 3.05) is 18.1 Å². The first-order valence-electron chi connectivity index (χ1n) is 10.5. The Bertz CT molecular complexity index is 1240. The molecule has 2 aromatic rings. The van der Waals surface area contributed by atoms with Crippen LogP contribution in [0.5, 0.6) is 11.5 Å². The highest BCUT2D eigenvalue weighted by Gasteiger charge is 2.37. The maximum atomic E-state index is 13.3. The van der Waals surface area contributed by atoms with Crippen LogP contribution >= 0.6 is 11.6 Å². The fourth-order valence-corrected chi connectivity index (χ4v) is 3.67. The first-order valence-corrected chi connectivity index (χ1v) is 10.8. The van der Waals surface area contributed by atoms with E-state index in [1.807, 2.05) is 6.92 Å². The maximum Gasteiger partial charge on any atom is 0.335 e. The predicted octanol–water partition coefficient (Wildman–Crippen LogP) is 4.45. The van der Waals surface area contributed by atoms with Crippen LogP contribution in [-0.4, -0.2) is 31.1 Å². The molecule has 0 spiro atoms. The van der Waals surface area contributed by atoms with Crippen LogP contribution in [0.25, 0.3) is 6.08 Å². The van der Waals surface area contributed by atoms with E-state index in [9.17, 15) is 14.4 Å². The van der Waals surface area contributed by atoms with Crippen LogP contribution < -0.4 is 19.7 Å². The van der Waals surface area contributed by atoms with Crippen molar-refractivity contribution in [1.29, 1.82) is 0 Å². The Hall–Kier alpha value is -4.02. The van der Waals surface area contributed by atoms with Gasteiger partial charge in [0.25, 0.3) is 11.8 Å². The van der Waals surface area contributed by atoms with E-state index in [-0.39, 0.29) is 17.9 Å². The Labute approximate surface area is 203 Å². The van der Waals surface area contributed by atoms with E-state index in [2.05, 4.69) is 17.8 Å². The first-order chi connectivity index (χ1) is 16.3. The van der Waals surface area contributed by atoms with E-state index < -0.39 is 17.8 Å². The maximum absolute atomic E-state index is 13.3. The third-order valence-electron chi connectivity index (χ3n) is 5.01. The third kappa shape index (κ3) is 4.98. The second-order valence-electron chi connectivity index (χ2n) is 7.27. The van der Waals surface area contributed by atoms with Gasteiger partial charge in [-0.15, -0.1) is 13.0 Å². The van der Waals surface area contributed by atoms with Crippen LogP contribution in [0.2, 0.25) is 5.02 Å². The fraction of sp³-hybridized carbons (Fsp3) is 0.192. The second-order valence-corrected chi connectivity index (χ2v) is 7.67. The Morgan fingerprint density at radius 2 is 2.00 bits per heavy atom. The summed E-state index contributed by atoms with van der Waals surface area (Å²) in [6, 6.07) is 7.39. The van der Waals surface area contributed by atoms with Gasteiger partial charge in [0.2, 0.25) is 0 Å². The molecule has 8 heteroatoms. The van der Waals surface area contributed by atoms with Crippen molar-refractivity contribution < 1.29 is 23.9 Å². The number of anilines is 1. The average Bonchev–Trinajstić information content (AvgIpc) is 2.79. The molecule has 1 saturated heterocycles. The van der Waals surface area contributed by atoms with Gasteiger partial charge in [-0.2, -0.15) is 0 Å². The highest BCUT2D eigenvalue weighted by Crippen LogP contribution is 2.35. The molecular weight excluding hydrogens is 456 g/mol. The Kier molecular flexibility index (Phi) is 7.77. The summed E-state index contributed by atoms with van der Waals surface area (Å²) in [4.78, 5) is 39.3. The number of nitrogens with zero attached hydrogens (tertiary/aromatic N) is 1. The van der Waals surface area contributed by atoms with Crippen molar-refractivity contribution in [3.63, 3.8) is 0 Å². The zero-order valence-corrected chi connectivity index (χ0v) is 19.6. The van der Waals surface area contributed by atoms with E-state index in [0.29, 0.717) is 46.2 Å². The summed E-state index contributed by atoms with van der Waals surface area (Å²) in [5, 5.41) is 2.60. The molecule has 0 bridgehead atoms. The second kappa shape index (κ2) is 10.7. The van der Waals surface area contributed by atoms with Crippen LogP contribution in [0, 0.1) is 19.3 Å². The van der Waals surface area contributed by atoms with Crippen LogP contribution in [0.1, 0.15) is 23.6 Å². The molecule has 1 fully saturated rings. The lowest BCUT2D eigenvalue weighted by Gasteiger charge is -2.27. The molecule has 1 aliphatic rings. The lowest BCUT2D eigenvalue weighted by atomic mass is 10.0. The molecule has 174 valence electrons. The van der Waals surface area contributed by atoms with Gasteiger partial charge < -0.3 is 9.47 Å². The van der Waals surface area contributed by atoms with Crippen LogP contribution in [0.3, 0.4) is 0 Å². The molecule has 0 aliphatic carbocycles. The van der Waals surface area contributed by atoms with Crippen molar-refractivity contribution in [1.82, 2.24) is 5.32 Å². The molecule has 0 atom stereocenters. The quantitative estimate of drug-likeness (QED) is 0.262. The number of amides is 4. The lowest BCUT2D eigenvalue weighted by molar-refractivity contribution is -0.122. The zero-order chi connectivity index (χ0) is 24.8. The summed E-state index contributed by atoms with van der Waals surface area (Å²) in [5.74, 6) is 1.72. The average molecular weight is 479 g/mol. The molecule has 1 aliphatic heterocycles. The highest BCUT2D eigenvalue weighted by molar-refractivity contribution is 6.40. The van der Waals surface area contributed by atoms with Gasteiger partial charge in [-0.05, 0) is 61.7 Å². The van der Waals surface area contributed by atoms with Gasteiger partial charge in [0.15, 0.2) is 11.5 Å². The minimum atomic E-state index is -0.849. The minimum Gasteiger partial charge on any atom is -0.490 e. The van der Waals surface area contributed by atoms with Crippen LogP contribution in [0.4, 0.5) is 10.5 Å². The van der Waals surface area contributed by atoms with Crippen molar-refractivity contribution in [2.45, 2.75) is 20.3 Å². The number of rotatable bonds is 8. The number of terminal acetylenes is 1. The SMILES string of the molecule is C#CCOc1c(CC=C)cc(/C=C2\C(=O)NC(=O)N(c3cccc(Cl)c3C)C2=O)cc1OCC. The molecular formula is C26H23ClN2O5. The van der Waals surface area contributed by atoms with Crippen molar-refractivity contribution >= 4 is 41.2 Å². The van der Waals surface area contributed by atoms with Gasteiger partial charge in [-0.1, -0.05) is 29.7 Å². The number of carbonyl (C=O) groups is 3. The van der Waals surface area contributed by atoms with Gasteiger partial charge in [-0.25, -0.2) is 9.69 Å². The number of urea groups is 1. The molecule has 7 nitrogen and oxygen atoms in total. The number of hydrogen-bond acceptors (Lipinski definition) is 5. The lowest BCUT2D eigenvalue weighted by Crippen LogP contribution is -2.54. The summed E-state index contributed by atoms with van der Waals surface area (Å²) < 4.78 is 11.4. The topological polar surface area (TPSA) is 84.9 Å². The molecule has 0 unspecified atom stereocenters. The summed E-state index contributed by atoms with van der Waals surface area (Å²) in [6.45, 7) is 7.67. The molecule has 1 N–H and O–H groups in total. The van der Waals surface area contributed by atoms with E-state index in [0.717, 1.165) is 4.90 Å². The van der Waals surface area contributed by atoms with E-state index in [1.165, 1.54) is 6.08 Å². The van der Waals surface area contributed by atoms with Crippen LogP contribution in [-0.2, 0) is 16.0 Å². The number of ether oxygens (including phenoxy) is 2. The van der Waals surface area contributed by atoms with Crippen molar-refractivity contribution in [3.05, 3.63) is 70.3 Å². The Morgan fingerprint density at radius 3 is 2.68 bits per heavy atom. The Morgan fingerprint density at radius 1 is 1.24 bits per heavy atom. The number of barbiturate groups is 1. The molecule has 3 rings (SSSR count). The zero-order valence-electron chi connectivity index (χ0n) is 18.8. The predicted molar refractivity (Wildman–Crippen MR) is 131 cm³/mol. The van der Waals surface area contributed by atoms with Gasteiger partial charge in [0, 0.05) is 10.6 Å². The van der Waals surface area contributed by atoms with Crippen LogP contribution in [0.15, 0.2) is 48.6 Å².